The molecule has 0 aliphatic rings. The Bertz CT molecular complexity index is 1150. The number of halogens is 1. The minimum atomic E-state index is -0.198. The number of benzene rings is 3. The van der Waals surface area contributed by atoms with E-state index in [1.54, 1.807) is 36.4 Å². The van der Waals surface area contributed by atoms with Crippen LogP contribution in [0.25, 0.3) is 22.4 Å². The molecule has 4 rings (SSSR count). The molecular weight excluding hydrogens is 396 g/mol. The number of hydrogen-bond acceptors (Lipinski definition) is 3. The summed E-state index contributed by atoms with van der Waals surface area (Å²) in [4.78, 5) is 22.5. The number of anilines is 2. The molecule has 3 aromatic carbocycles. The summed E-state index contributed by atoms with van der Waals surface area (Å²) >= 11 is 5.97. The normalized spacial score (nSPS) is 10.3. The molecule has 0 atom stereocenters. The molecule has 30 heavy (non-hydrogen) atoms. The van der Waals surface area contributed by atoms with Crippen molar-refractivity contribution in [2.45, 2.75) is 13.8 Å². The fraction of sp³-hybridized carbons (Fsp3) is 0.167. The van der Waals surface area contributed by atoms with Crippen LogP contribution >= 0.6 is 11.6 Å². The highest BCUT2D eigenvalue weighted by Gasteiger charge is 2.11. The highest BCUT2D eigenvalue weighted by molar-refractivity contribution is 6.31. The number of hydrogen-bond donors (Lipinski definition) is 2. The number of H-pyrrole nitrogens is 1. The Morgan fingerprint density at radius 1 is 1.00 bits per heavy atom. The van der Waals surface area contributed by atoms with Gasteiger partial charge in [0.15, 0.2) is 0 Å². The molecule has 0 aliphatic carbocycles. The molecule has 5 nitrogen and oxygen atoms in total. The second-order valence-electron chi connectivity index (χ2n) is 6.72. The summed E-state index contributed by atoms with van der Waals surface area (Å²) < 4.78 is 0. The molecule has 0 bridgehead atoms. The van der Waals surface area contributed by atoms with Crippen molar-refractivity contribution in [1.82, 2.24) is 9.97 Å². The second-order valence-corrected chi connectivity index (χ2v) is 7.16. The van der Waals surface area contributed by atoms with E-state index in [1.807, 2.05) is 63.2 Å². The first-order chi connectivity index (χ1) is 14.5. The Morgan fingerprint density at radius 3 is 2.40 bits per heavy atom. The van der Waals surface area contributed by atoms with E-state index in [9.17, 15) is 4.79 Å². The lowest BCUT2D eigenvalue weighted by Crippen LogP contribution is -2.11. The first-order valence-corrected chi connectivity index (χ1v) is 10.2. The van der Waals surface area contributed by atoms with E-state index in [-0.39, 0.29) is 5.91 Å². The molecule has 0 saturated heterocycles. The van der Waals surface area contributed by atoms with Gasteiger partial charge in [-0.05, 0) is 60.7 Å². The number of fused-ring (bicyclic) bond motifs is 1. The first-order valence-electron chi connectivity index (χ1n) is 9.84. The lowest BCUT2D eigenvalue weighted by atomic mass is 10.2. The number of nitrogens with zero attached hydrogens (tertiary/aromatic N) is 2. The van der Waals surface area contributed by atoms with Gasteiger partial charge >= 0.3 is 0 Å². The Morgan fingerprint density at radius 2 is 1.73 bits per heavy atom. The van der Waals surface area contributed by atoms with Crippen molar-refractivity contribution in [3.8, 4) is 11.4 Å². The molecule has 0 saturated carbocycles. The van der Waals surface area contributed by atoms with E-state index in [1.165, 1.54) is 0 Å². The lowest BCUT2D eigenvalue weighted by Gasteiger charge is -2.11. The maximum atomic E-state index is 12.6. The van der Waals surface area contributed by atoms with Crippen molar-refractivity contribution in [3.63, 3.8) is 0 Å². The highest BCUT2D eigenvalue weighted by Crippen LogP contribution is 2.24. The van der Waals surface area contributed by atoms with Gasteiger partial charge in [-0.25, -0.2) is 4.98 Å². The molecule has 4 aromatic rings. The predicted octanol–water partition coefficient (Wildman–Crippen LogP) is 6.23. The van der Waals surface area contributed by atoms with Gasteiger partial charge in [-0.2, -0.15) is 0 Å². The zero-order valence-corrected chi connectivity index (χ0v) is 18.3. The zero-order chi connectivity index (χ0) is 21.7. The van der Waals surface area contributed by atoms with Gasteiger partial charge < -0.3 is 15.2 Å². The maximum Gasteiger partial charge on any atom is 0.255 e. The van der Waals surface area contributed by atoms with Gasteiger partial charge in [0.2, 0.25) is 0 Å². The Kier molecular flexibility index (Phi) is 6.75. The number of aromatic amines is 1. The molecule has 0 aliphatic heterocycles. The Balaban J connectivity index is 0.00000124. The van der Waals surface area contributed by atoms with E-state index in [0.717, 1.165) is 28.1 Å². The summed E-state index contributed by atoms with van der Waals surface area (Å²) in [5.41, 5.74) is 4.94. The number of rotatable bonds is 4. The van der Waals surface area contributed by atoms with Crippen molar-refractivity contribution in [3.05, 3.63) is 77.3 Å². The molecule has 2 N–H and O–H groups in total. The molecule has 1 heterocycles. The average molecular weight is 421 g/mol. The van der Waals surface area contributed by atoms with Crippen LogP contribution in [-0.2, 0) is 0 Å². The summed E-state index contributed by atoms with van der Waals surface area (Å²) in [6.07, 6.45) is 0. The smallest absolute Gasteiger partial charge is 0.255 e. The van der Waals surface area contributed by atoms with E-state index in [2.05, 4.69) is 15.3 Å². The fourth-order valence-electron chi connectivity index (χ4n) is 2.97. The third-order valence-electron chi connectivity index (χ3n) is 4.48. The third kappa shape index (κ3) is 4.81. The van der Waals surface area contributed by atoms with Crippen LogP contribution in [0, 0.1) is 0 Å². The van der Waals surface area contributed by atoms with Gasteiger partial charge in [0.1, 0.15) is 5.82 Å². The minimum Gasteiger partial charge on any atom is -0.378 e. The molecule has 1 amide bonds. The minimum absolute atomic E-state index is 0.198. The standard InChI is InChI=1S/C22H19ClN4O.C2H6/c1-27(2)18-9-6-14(7-10-18)21-25-19-11-8-15(12-20(19)26-21)22(28)24-17-5-3-4-16(23)13-17;1-2/h3-13H,1-2H3,(H,24,28)(H,25,26);1-2H3. The van der Waals surface area contributed by atoms with Crippen LogP contribution in [0.1, 0.15) is 24.2 Å². The monoisotopic (exact) mass is 420 g/mol. The molecule has 0 radical (unpaired) electrons. The van der Waals surface area contributed by atoms with E-state index in [4.69, 9.17) is 11.6 Å². The van der Waals surface area contributed by atoms with Gasteiger partial charge in [-0.15, -0.1) is 0 Å². The zero-order valence-electron chi connectivity index (χ0n) is 17.5. The van der Waals surface area contributed by atoms with Crippen LogP contribution in [0.4, 0.5) is 11.4 Å². The van der Waals surface area contributed by atoms with Gasteiger partial charge in [-0.3, -0.25) is 4.79 Å². The van der Waals surface area contributed by atoms with E-state index < -0.39 is 0 Å². The SMILES string of the molecule is CC.CN(C)c1ccc(-c2nc3ccc(C(=O)Nc4cccc(Cl)c4)cc3[nH]2)cc1. The van der Waals surface area contributed by atoms with E-state index >= 15 is 0 Å². The number of aromatic nitrogens is 2. The van der Waals surface area contributed by atoms with Gasteiger partial charge in [-0.1, -0.05) is 31.5 Å². The highest BCUT2D eigenvalue weighted by atomic mass is 35.5. The van der Waals surface area contributed by atoms with Crippen molar-refractivity contribution >= 4 is 39.9 Å². The molecule has 6 heteroatoms. The number of nitrogens with one attached hydrogen (secondary N) is 2. The predicted molar refractivity (Wildman–Crippen MR) is 127 cm³/mol. The van der Waals surface area contributed by atoms with Crippen LogP contribution < -0.4 is 10.2 Å². The van der Waals surface area contributed by atoms with Crippen molar-refractivity contribution < 1.29 is 4.79 Å². The molecule has 0 unspecified atom stereocenters. The van der Waals surface area contributed by atoms with Crippen LogP contribution in [0.2, 0.25) is 5.02 Å². The summed E-state index contributed by atoms with van der Waals surface area (Å²) in [5, 5.41) is 3.43. The number of imidazole rings is 1. The van der Waals surface area contributed by atoms with Crippen molar-refractivity contribution in [2.75, 3.05) is 24.3 Å². The maximum absolute atomic E-state index is 12.6. The van der Waals surface area contributed by atoms with Gasteiger partial charge in [0.25, 0.3) is 5.91 Å². The first kappa shape index (κ1) is 21.4. The topological polar surface area (TPSA) is 61.0 Å². The van der Waals surface area contributed by atoms with Crippen molar-refractivity contribution in [2.24, 2.45) is 0 Å². The summed E-state index contributed by atoms with van der Waals surface area (Å²) in [7, 11) is 4.01. The fourth-order valence-corrected chi connectivity index (χ4v) is 3.16. The van der Waals surface area contributed by atoms with Gasteiger partial charge in [0.05, 0.1) is 11.0 Å². The van der Waals surface area contributed by atoms with Crippen LogP contribution in [0.15, 0.2) is 66.7 Å². The lowest BCUT2D eigenvalue weighted by molar-refractivity contribution is 0.102. The number of amides is 1. The summed E-state index contributed by atoms with van der Waals surface area (Å²) in [5.74, 6) is 0.573. The van der Waals surface area contributed by atoms with Crippen LogP contribution in [0.5, 0.6) is 0 Å². The van der Waals surface area contributed by atoms with Crippen molar-refractivity contribution in [1.29, 1.82) is 0 Å². The van der Waals surface area contributed by atoms with Gasteiger partial charge in [0, 0.05) is 41.6 Å². The second kappa shape index (κ2) is 9.46. The quantitative estimate of drug-likeness (QED) is 0.411. The average Bonchev–Trinajstić information content (AvgIpc) is 3.18. The Labute approximate surface area is 181 Å². The molecule has 1 aromatic heterocycles. The third-order valence-corrected chi connectivity index (χ3v) is 4.72. The van der Waals surface area contributed by atoms with Crippen LogP contribution in [-0.4, -0.2) is 30.0 Å². The van der Waals surface area contributed by atoms with Crippen LogP contribution in [0.3, 0.4) is 0 Å². The molecule has 0 fully saturated rings. The summed E-state index contributed by atoms with van der Waals surface area (Å²) in [6, 6.07) is 20.6. The summed E-state index contributed by atoms with van der Waals surface area (Å²) in [6.45, 7) is 4.00. The number of carbonyl (C=O) groups is 1. The largest absolute Gasteiger partial charge is 0.378 e. The molecule has 0 spiro atoms. The Hall–Kier alpha value is -3.31. The number of carbonyl (C=O) groups excluding carboxylic acids is 1. The molecule has 154 valence electrons. The van der Waals surface area contributed by atoms with E-state index in [0.29, 0.717) is 16.3 Å². The molecular formula is C24H25ClN4O.